The number of sulfonamides is 1. The van der Waals surface area contributed by atoms with Crippen LogP contribution in [0.3, 0.4) is 0 Å². The van der Waals surface area contributed by atoms with Gasteiger partial charge in [-0.05, 0) is 53.6 Å². The molecule has 8 nitrogen and oxygen atoms in total. The first-order chi connectivity index (χ1) is 16.9. The number of carbonyl (C=O) groups is 2. The van der Waals surface area contributed by atoms with Crippen LogP contribution >= 0.6 is 0 Å². The molecule has 0 unspecified atom stereocenters. The Morgan fingerprint density at radius 1 is 0.921 bits per heavy atom. The van der Waals surface area contributed by atoms with Gasteiger partial charge in [0, 0.05) is 47.5 Å². The molecule has 1 amide bonds. The van der Waals surface area contributed by atoms with Crippen molar-refractivity contribution in [1.82, 2.24) is 14.5 Å². The Kier molecular flexibility index (Phi) is 10.8. The van der Waals surface area contributed by atoms with Gasteiger partial charge in [0.2, 0.25) is 5.91 Å². The van der Waals surface area contributed by atoms with Crippen LogP contribution < -0.4 is 39.4 Å². The molecule has 1 aromatic heterocycles. The zero-order valence-corrected chi connectivity index (χ0v) is 25.1. The molecule has 0 saturated heterocycles. The molecule has 14 heteroatoms. The number of carboxylic acid groups (broad SMARTS) is 1. The Balaban J connectivity index is 0.00000253. The monoisotopic (exact) mass is 562 g/mol. The van der Waals surface area contributed by atoms with Gasteiger partial charge >= 0.3 is 35.7 Å². The van der Waals surface area contributed by atoms with Crippen molar-refractivity contribution in [2.24, 2.45) is 0 Å². The molecular formula is C24H17F3N3Na2O5S. The number of fused-ring (bicyclic) bond motifs is 1. The molecule has 3 aromatic carbocycles. The summed E-state index contributed by atoms with van der Waals surface area (Å²) in [7, 11) is -4.33. The fourth-order valence-corrected chi connectivity index (χ4v) is 4.53. The molecule has 0 bridgehead atoms. The van der Waals surface area contributed by atoms with Crippen molar-refractivity contribution in [1.29, 1.82) is 0 Å². The van der Waals surface area contributed by atoms with Crippen molar-refractivity contribution in [3.63, 3.8) is 0 Å². The zero-order valence-electron chi connectivity index (χ0n) is 20.3. The molecule has 0 spiro atoms. The molecule has 0 aliphatic carbocycles. The molecule has 0 atom stereocenters. The smallest absolute Gasteiger partial charge is 0.550 e. The van der Waals surface area contributed by atoms with E-state index in [0.717, 1.165) is 33.7 Å². The molecule has 0 fully saturated rings. The minimum Gasteiger partial charge on any atom is -0.550 e. The summed E-state index contributed by atoms with van der Waals surface area (Å²) in [6.45, 7) is 0. The summed E-state index contributed by atoms with van der Waals surface area (Å²) >= 11 is 0. The number of hydrogen-bond acceptors (Lipinski definition) is 6. The van der Waals surface area contributed by atoms with E-state index in [2.05, 4.69) is 5.10 Å². The molecule has 4 aromatic rings. The van der Waals surface area contributed by atoms with Gasteiger partial charge < -0.3 is 9.90 Å². The number of nitrogens with zero attached hydrogens (tertiary/aromatic N) is 2. The minimum absolute atomic E-state index is 0. The molecule has 0 saturated carbocycles. The molecule has 0 aliphatic rings. The van der Waals surface area contributed by atoms with Gasteiger partial charge in [0.25, 0.3) is 10.0 Å². The van der Waals surface area contributed by atoms with Crippen LogP contribution in [0, 0.1) is 0 Å². The van der Waals surface area contributed by atoms with Gasteiger partial charge in [-0.15, -0.1) is 0 Å². The van der Waals surface area contributed by atoms with E-state index in [1.165, 1.54) is 12.1 Å². The van der Waals surface area contributed by atoms with Crippen LogP contribution in [-0.4, -0.2) is 59.6 Å². The van der Waals surface area contributed by atoms with Crippen molar-refractivity contribution in [2.45, 2.75) is 23.9 Å². The van der Waals surface area contributed by atoms with E-state index in [0.29, 0.717) is 5.56 Å². The molecule has 1 N–H and O–H groups in total. The molecular weight excluding hydrogens is 545 g/mol. The summed E-state index contributed by atoms with van der Waals surface area (Å²) in [5.74, 6) is -2.55. The quantitative estimate of drug-likeness (QED) is 0.308. The standard InChI is InChI=1S/C24H18F3N3O5S.2Na/c25-24(26,27)21-14-20(17-6-5-15-3-1-2-4-16(15)13-17)30(28-21)18-7-9-19(10-8-18)36(34,35)29-22(31)11-12-23(32)33;;/h1-10,13-14H,11-12H2,(H,29,31)(H,32,33);;/q;;+1/p-1. The fraction of sp³-hybridized carbons (Fsp3) is 0.125. The van der Waals surface area contributed by atoms with Crippen LogP contribution in [0.4, 0.5) is 13.2 Å². The van der Waals surface area contributed by atoms with E-state index in [4.69, 9.17) is 0 Å². The van der Waals surface area contributed by atoms with Crippen molar-refractivity contribution in [3.05, 3.63) is 78.5 Å². The molecule has 187 valence electrons. The maximum atomic E-state index is 13.5. The third kappa shape index (κ3) is 7.47. The molecule has 38 heavy (non-hydrogen) atoms. The Hall–Kier alpha value is -2.19. The van der Waals surface area contributed by atoms with Crippen molar-refractivity contribution >= 4 is 62.2 Å². The molecule has 1 heterocycles. The van der Waals surface area contributed by atoms with E-state index >= 15 is 0 Å². The van der Waals surface area contributed by atoms with E-state index < -0.39 is 46.6 Å². The summed E-state index contributed by atoms with van der Waals surface area (Å²) < 4.78 is 68.1. The Morgan fingerprint density at radius 2 is 1.55 bits per heavy atom. The topological polar surface area (TPSA) is 121 Å². The predicted molar refractivity (Wildman–Crippen MR) is 127 cm³/mol. The number of alkyl halides is 3. The van der Waals surface area contributed by atoms with Gasteiger partial charge in [0.1, 0.15) is 0 Å². The van der Waals surface area contributed by atoms with Gasteiger partial charge in [0.05, 0.1) is 16.3 Å². The number of benzene rings is 3. The van der Waals surface area contributed by atoms with Crippen LogP contribution in [-0.2, 0) is 25.8 Å². The van der Waals surface area contributed by atoms with Crippen molar-refractivity contribution < 1.29 is 65.8 Å². The van der Waals surface area contributed by atoms with E-state index in [1.807, 2.05) is 18.2 Å². The van der Waals surface area contributed by atoms with Gasteiger partial charge in [0.15, 0.2) is 5.69 Å². The number of nitrogens with one attached hydrogen (secondary N) is 1. The Labute approximate surface area is 259 Å². The summed E-state index contributed by atoms with van der Waals surface area (Å²) in [4.78, 5) is 21.8. The number of rotatable bonds is 7. The second-order valence-electron chi connectivity index (χ2n) is 7.78. The van der Waals surface area contributed by atoms with E-state index in [-0.39, 0.29) is 75.4 Å². The first-order valence-corrected chi connectivity index (χ1v) is 11.9. The van der Waals surface area contributed by atoms with E-state index in [9.17, 15) is 36.3 Å². The molecule has 1 radical (unpaired) electrons. The summed E-state index contributed by atoms with van der Waals surface area (Å²) in [6.07, 6.45) is -5.96. The predicted octanol–water partition coefficient (Wildman–Crippen LogP) is -0.330. The maximum Gasteiger partial charge on any atom is 1.00 e. The van der Waals surface area contributed by atoms with Gasteiger partial charge in [-0.1, -0.05) is 36.4 Å². The minimum atomic E-state index is -4.71. The average Bonchev–Trinajstić information content (AvgIpc) is 3.28. The Bertz CT molecular complexity index is 1570. The van der Waals surface area contributed by atoms with Gasteiger partial charge in [-0.25, -0.2) is 17.8 Å². The van der Waals surface area contributed by atoms with Crippen LogP contribution in [0.15, 0.2) is 77.7 Å². The summed E-state index contributed by atoms with van der Waals surface area (Å²) in [6, 6.07) is 18.1. The number of carboxylic acids is 1. The normalized spacial score (nSPS) is 11.3. The summed E-state index contributed by atoms with van der Waals surface area (Å²) in [5.41, 5.74) is -0.369. The van der Waals surface area contributed by atoms with Crippen molar-refractivity contribution in [2.75, 3.05) is 0 Å². The van der Waals surface area contributed by atoms with Crippen molar-refractivity contribution in [3.8, 4) is 16.9 Å². The zero-order chi connectivity index (χ0) is 26.1. The number of aliphatic carboxylic acids is 1. The SMILES string of the molecule is O=C([O-])CCC(=O)NS(=O)(=O)c1ccc(-n2nc(C(F)(F)F)cc2-c2ccc3ccccc3c2)cc1.[Na+].[Na]. The third-order valence-corrected chi connectivity index (χ3v) is 6.63. The van der Waals surface area contributed by atoms with Gasteiger partial charge in [-0.2, -0.15) is 18.3 Å². The fourth-order valence-electron chi connectivity index (χ4n) is 3.51. The first-order valence-electron chi connectivity index (χ1n) is 10.5. The molecule has 0 aliphatic heterocycles. The third-order valence-electron chi connectivity index (χ3n) is 5.24. The van der Waals surface area contributed by atoms with Crippen LogP contribution in [0.1, 0.15) is 18.5 Å². The number of carbonyl (C=O) groups excluding carboxylic acids is 2. The summed E-state index contributed by atoms with van der Waals surface area (Å²) in [5, 5.41) is 15.9. The second-order valence-corrected chi connectivity index (χ2v) is 9.46. The number of aromatic nitrogens is 2. The number of halogens is 3. The van der Waals surface area contributed by atoms with Crippen LogP contribution in [0.2, 0.25) is 0 Å². The van der Waals surface area contributed by atoms with Crippen LogP contribution in [0.5, 0.6) is 0 Å². The molecule has 4 rings (SSSR count). The van der Waals surface area contributed by atoms with E-state index in [1.54, 1.807) is 29.0 Å². The Morgan fingerprint density at radius 3 is 2.16 bits per heavy atom. The van der Waals surface area contributed by atoms with Gasteiger partial charge in [-0.3, -0.25) is 4.79 Å². The maximum absolute atomic E-state index is 13.5. The first kappa shape index (κ1) is 32.0. The second kappa shape index (κ2) is 12.8. The number of amides is 1. The number of hydrogen-bond donors (Lipinski definition) is 1. The largest absolute Gasteiger partial charge is 1.00 e. The average molecular weight is 562 g/mol. The van der Waals surface area contributed by atoms with Crippen LogP contribution in [0.25, 0.3) is 27.7 Å².